The van der Waals surface area contributed by atoms with E-state index in [-0.39, 0.29) is 41.6 Å². The van der Waals surface area contributed by atoms with Crippen molar-refractivity contribution in [2.75, 3.05) is 37.7 Å². The van der Waals surface area contributed by atoms with Gasteiger partial charge in [0.05, 0.1) is 11.9 Å². The number of aryl methyl sites for hydroxylation is 1. The lowest BCUT2D eigenvalue weighted by molar-refractivity contribution is -0.0250. The molecular formula is C20H34IN3O3S. The number of rotatable bonds is 8. The average molecular weight is 523 g/mol. The minimum absolute atomic E-state index is 0. The third-order valence-electron chi connectivity index (χ3n) is 4.82. The summed E-state index contributed by atoms with van der Waals surface area (Å²) in [6.07, 6.45) is 2.18. The van der Waals surface area contributed by atoms with Gasteiger partial charge in [0, 0.05) is 37.9 Å². The molecule has 1 fully saturated rings. The maximum atomic E-state index is 11.7. The maximum Gasteiger partial charge on any atom is 0.191 e. The second kappa shape index (κ2) is 12.6. The SMILES string of the molecule is CCNC(=NCC1CCCOC1c1ccc(C)cc1)NCCS(=O)(=O)CC.I. The van der Waals surface area contributed by atoms with Gasteiger partial charge in [-0.3, -0.25) is 4.99 Å². The van der Waals surface area contributed by atoms with Gasteiger partial charge in [-0.1, -0.05) is 36.8 Å². The Bertz CT molecular complexity index is 708. The summed E-state index contributed by atoms with van der Waals surface area (Å²) < 4.78 is 29.4. The molecule has 160 valence electrons. The van der Waals surface area contributed by atoms with E-state index in [0.717, 1.165) is 26.0 Å². The van der Waals surface area contributed by atoms with Crippen LogP contribution in [-0.4, -0.2) is 52.1 Å². The molecular weight excluding hydrogens is 489 g/mol. The van der Waals surface area contributed by atoms with E-state index in [9.17, 15) is 8.42 Å². The zero-order valence-corrected chi connectivity index (χ0v) is 20.3. The van der Waals surface area contributed by atoms with Gasteiger partial charge in [0.1, 0.15) is 0 Å². The number of benzene rings is 1. The van der Waals surface area contributed by atoms with Gasteiger partial charge in [-0.05, 0) is 32.3 Å². The number of nitrogens with one attached hydrogen (secondary N) is 2. The van der Waals surface area contributed by atoms with Gasteiger partial charge in [-0.15, -0.1) is 24.0 Å². The van der Waals surface area contributed by atoms with Crippen LogP contribution < -0.4 is 10.6 Å². The summed E-state index contributed by atoms with van der Waals surface area (Å²) in [5.74, 6) is 1.26. The molecule has 0 aliphatic carbocycles. The second-order valence-corrected chi connectivity index (χ2v) is 9.46. The van der Waals surface area contributed by atoms with E-state index in [1.54, 1.807) is 6.92 Å². The zero-order chi connectivity index (χ0) is 19.7. The fourth-order valence-corrected chi connectivity index (χ4v) is 3.88. The van der Waals surface area contributed by atoms with Crippen molar-refractivity contribution >= 4 is 39.8 Å². The zero-order valence-electron chi connectivity index (χ0n) is 17.1. The Hall–Kier alpha value is -0.870. The first-order valence-electron chi connectivity index (χ1n) is 9.86. The van der Waals surface area contributed by atoms with E-state index in [0.29, 0.717) is 25.0 Å². The molecule has 2 unspecified atom stereocenters. The van der Waals surface area contributed by atoms with E-state index < -0.39 is 9.84 Å². The highest BCUT2D eigenvalue weighted by Gasteiger charge is 2.27. The quantitative estimate of drug-likeness (QED) is 0.311. The standard InChI is InChI=1S/C20H33N3O3S.HI/c1-4-21-20(22-12-14-27(24,25)5-2)23-15-18-7-6-13-26-19(18)17-10-8-16(3)9-11-17;/h8-11,18-19H,4-7,12-15H2,1-3H3,(H2,21,22,23);1H. The topological polar surface area (TPSA) is 79.8 Å². The summed E-state index contributed by atoms with van der Waals surface area (Å²) in [6, 6.07) is 8.52. The second-order valence-electron chi connectivity index (χ2n) is 6.99. The molecule has 2 atom stereocenters. The number of ether oxygens (including phenoxy) is 1. The van der Waals surface area contributed by atoms with E-state index in [2.05, 4.69) is 41.8 Å². The molecule has 1 aliphatic rings. The Kier molecular flexibility index (Phi) is 11.4. The van der Waals surface area contributed by atoms with Crippen molar-refractivity contribution in [1.29, 1.82) is 0 Å². The van der Waals surface area contributed by atoms with Gasteiger partial charge >= 0.3 is 0 Å². The van der Waals surface area contributed by atoms with E-state index in [1.807, 2.05) is 6.92 Å². The Labute approximate surface area is 186 Å². The predicted molar refractivity (Wildman–Crippen MR) is 126 cm³/mol. The number of halogens is 1. The number of guanidine groups is 1. The van der Waals surface area contributed by atoms with Gasteiger partial charge in [0.2, 0.25) is 0 Å². The minimum Gasteiger partial charge on any atom is -0.373 e. The first-order chi connectivity index (χ1) is 12.9. The summed E-state index contributed by atoms with van der Waals surface area (Å²) in [7, 11) is -2.98. The molecule has 0 spiro atoms. The van der Waals surface area contributed by atoms with Gasteiger partial charge in [-0.2, -0.15) is 0 Å². The van der Waals surface area contributed by atoms with Gasteiger partial charge in [0.15, 0.2) is 15.8 Å². The summed E-state index contributed by atoms with van der Waals surface area (Å²) in [5.41, 5.74) is 2.44. The Morgan fingerprint density at radius 1 is 1.21 bits per heavy atom. The first-order valence-corrected chi connectivity index (χ1v) is 11.7. The van der Waals surface area contributed by atoms with Crippen LogP contribution in [-0.2, 0) is 14.6 Å². The van der Waals surface area contributed by atoms with Crippen LogP contribution in [0.5, 0.6) is 0 Å². The van der Waals surface area contributed by atoms with Gasteiger partial charge < -0.3 is 15.4 Å². The molecule has 1 aromatic carbocycles. The van der Waals surface area contributed by atoms with Crippen LogP contribution in [0.25, 0.3) is 0 Å². The molecule has 1 aromatic rings. The number of nitrogens with zero attached hydrogens (tertiary/aromatic N) is 1. The molecule has 0 bridgehead atoms. The normalized spacial score (nSPS) is 20.3. The summed E-state index contributed by atoms with van der Waals surface area (Å²) in [6.45, 7) is 8.28. The van der Waals surface area contributed by atoms with Crippen LogP contribution in [0.2, 0.25) is 0 Å². The average Bonchev–Trinajstić information content (AvgIpc) is 2.67. The fourth-order valence-electron chi connectivity index (χ4n) is 3.17. The van der Waals surface area contributed by atoms with Crippen LogP contribution in [0, 0.1) is 12.8 Å². The number of hydrogen-bond donors (Lipinski definition) is 2. The number of aliphatic imine (C=N–C) groups is 1. The summed E-state index contributed by atoms with van der Waals surface area (Å²) in [5, 5.41) is 6.32. The summed E-state index contributed by atoms with van der Waals surface area (Å²) in [4.78, 5) is 4.70. The molecule has 0 saturated carbocycles. The van der Waals surface area contributed by atoms with Crippen molar-refractivity contribution in [1.82, 2.24) is 10.6 Å². The van der Waals surface area contributed by atoms with Crippen LogP contribution in [0.4, 0.5) is 0 Å². The fraction of sp³-hybridized carbons (Fsp3) is 0.650. The van der Waals surface area contributed by atoms with Gasteiger partial charge in [-0.25, -0.2) is 8.42 Å². The Morgan fingerprint density at radius 3 is 2.57 bits per heavy atom. The lowest BCUT2D eigenvalue weighted by atomic mass is 9.89. The summed E-state index contributed by atoms with van der Waals surface area (Å²) >= 11 is 0. The van der Waals surface area contributed by atoms with Crippen molar-refractivity contribution in [2.45, 2.75) is 39.7 Å². The molecule has 1 saturated heterocycles. The largest absolute Gasteiger partial charge is 0.373 e. The van der Waals surface area contributed by atoms with E-state index >= 15 is 0 Å². The van der Waals surface area contributed by atoms with E-state index in [1.165, 1.54) is 11.1 Å². The molecule has 1 heterocycles. The highest BCUT2D eigenvalue weighted by atomic mass is 127. The smallest absolute Gasteiger partial charge is 0.191 e. The Balaban J connectivity index is 0.00000392. The number of sulfone groups is 1. The van der Waals surface area contributed by atoms with Crippen molar-refractivity contribution < 1.29 is 13.2 Å². The third kappa shape index (κ3) is 8.24. The van der Waals surface area contributed by atoms with Gasteiger partial charge in [0.25, 0.3) is 0 Å². The van der Waals surface area contributed by atoms with Crippen molar-refractivity contribution in [3.8, 4) is 0 Å². The molecule has 2 N–H and O–H groups in total. The van der Waals surface area contributed by atoms with Crippen molar-refractivity contribution in [3.05, 3.63) is 35.4 Å². The molecule has 1 aliphatic heterocycles. The van der Waals surface area contributed by atoms with Crippen molar-refractivity contribution in [2.24, 2.45) is 10.9 Å². The highest BCUT2D eigenvalue weighted by Crippen LogP contribution is 2.33. The lowest BCUT2D eigenvalue weighted by Crippen LogP contribution is -2.40. The van der Waals surface area contributed by atoms with Crippen LogP contribution in [0.15, 0.2) is 29.3 Å². The molecule has 8 heteroatoms. The van der Waals surface area contributed by atoms with Crippen LogP contribution in [0.1, 0.15) is 43.9 Å². The molecule has 6 nitrogen and oxygen atoms in total. The van der Waals surface area contributed by atoms with E-state index in [4.69, 9.17) is 9.73 Å². The van der Waals surface area contributed by atoms with Crippen molar-refractivity contribution in [3.63, 3.8) is 0 Å². The molecule has 0 amide bonds. The predicted octanol–water partition coefficient (Wildman–Crippen LogP) is 3.07. The molecule has 28 heavy (non-hydrogen) atoms. The molecule has 0 radical (unpaired) electrons. The first kappa shape index (κ1) is 25.2. The Morgan fingerprint density at radius 2 is 1.93 bits per heavy atom. The maximum absolute atomic E-state index is 11.7. The van der Waals surface area contributed by atoms with Crippen LogP contribution >= 0.6 is 24.0 Å². The number of hydrogen-bond acceptors (Lipinski definition) is 4. The lowest BCUT2D eigenvalue weighted by Gasteiger charge is -2.31. The monoisotopic (exact) mass is 523 g/mol. The van der Waals surface area contributed by atoms with Crippen LogP contribution in [0.3, 0.4) is 0 Å². The molecule has 2 rings (SSSR count). The minimum atomic E-state index is -2.98. The third-order valence-corrected chi connectivity index (χ3v) is 6.53. The highest BCUT2D eigenvalue weighted by molar-refractivity contribution is 14.0. The molecule has 0 aromatic heterocycles.